The second-order valence-electron chi connectivity index (χ2n) is 5.82. The molecule has 0 saturated heterocycles. The van der Waals surface area contributed by atoms with Crippen LogP contribution in [0.2, 0.25) is 5.02 Å². The lowest BCUT2D eigenvalue weighted by Crippen LogP contribution is -2.27. The minimum atomic E-state index is -1.13. The lowest BCUT2D eigenvalue weighted by atomic mass is 9.81. The van der Waals surface area contributed by atoms with Gasteiger partial charge >= 0.3 is 0 Å². The van der Waals surface area contributed by atoms with Gasteiger partial charge in [0.1, 0.15) is 17.2 Å². The normalized spacial score (nSPS) is 18.3. The van der Waals surface area contributed by atoms with Crippen molar-refractivity contribution in [3.05, 3.63) is 88.2 Å². The fourth-order valence-electron chi connectivity index (χ4n) is 3.25. The molecule has 1 aliphatic rings. The first kappa shape index (κ1) is 16.5. The number of ether oxygens (including phenoxy) is 1. The molecule has 1 atom stereocenters. The smallest absolute Gasteiger partial charge is 0.165 e. The molecule has 2 heterocycles. The van der Waals surface area contributed by atoms with Gasteiger partial charge in [-0.3, -0.25) is 4.98 Å². The molecule has 0 amide bonds. The molecule has 5 nitrogen and oxygen atoms in total. The van der Waals surface area contributed by atoms with Crippen molar-refractivity contribution in [2.24, 2.45) is 10.7 Å². The Morgan fingerprint density at radius 3 is 2.58 bits per heavy atom. The first-order valence-electron chi connectivity index (χ1n) is 7.83. The average molecular weight is 369 g/mol. The topological polar surface area (TPSA) is 73.4 Å². The zero-order chi connectivity index (χ0) is 18.3. The molecule has 4 rings (SSSR count). The van der Waals surface area contributed by atoms with Crippen molar-refractivity contribution in [1.29, 1.82) is 0 Å². The summed E-state index contributed by atoms with van der Waals surface area (Å²) in [6.45, 7) is 0. The van der Waals surface area contributed by atoms with E-state index >= 15 is 0 Å². The molecule has 0 radical (unpaired) electrons. The van der Waals surface area contributed by atoms with E-state index in [1.54, 1.807) is 42.7 Å². The van der Waals surface area contributed by atoms with E-state index in [2.05, 4.69) is 15.0 Å². The first-order chi connectivity index (χ1) is 12.6. The standard InChI is InChI=1S/C19H14ClFN4O/c1-26-15-6-5-12(10-14(15)21)19(11-3-2-4-13(20)9-11)17-16(18(22)25-19)23-7-8-24-17/h2-10H,1H3,(H2,22,25). The second-order valence-corrected chi connectivity index (χ2v) is 6.26. The minimum absolute atomic E-state index is 0.143. The number of hydrogen-bond donors (Lipinski definition) is 1. The van der Waals surface area contributed by atoms with Crippen LogP contribution in [0.3, 0.4) is 0 Å². The molecule has 0 bridgehead atoms. The predicted molar refractivity (Wildman–Crippen MR) is 97.0 cm³/mol. The molecule has 2 aromatic carbocycles. The Morgan fingerprint density at radius 1 is 1.08 bits per heavy atom. The predicted octanol–water partition coefficient (Wildman–Crippen LogP) is 3.29. The number of halogens is 2. The lowest BCUT2D eigenvalue weighted by Gasteiger charge is -2.28. The highest BCUT2D eigenvalue weighted by molar-refractivity contribution is 6.30. The van der Waals surface area contributed by atoms with E-state index in [1.807, 2.05) is 6.07 Å². The molecule has 1 unspecified atom stereocenters. The summed E-state index contributed by atoms with van der Waals surface area (Å²) >= 11 is 6.21. The summed E-state index contributed by atoms with van der Waals surface area (Å²) in [4.78, 5) is 13.4. The van der Waals surface area contributed by atoms with Crippen molar-refractivity contribution in [2.45, 2.75) is 5.54 Å². The number of rotatable bonds is 3. The van der Waals surface area contributed by atoms with E-state index in [9.17, 15) is 4.39 Å². The van der Waals surface area contributed by atoms with Gasteiger partial charge in [0, 0.05) is 17.4 Å². The maximum atomic E-state index is 14.5. The highest BCUT2D eigenvalue weighted by Crippen LogP contribution is 2.45. The van der Waals surface area contributed by atoms with Crippen LogP contribution in [-0.4, -0.2) is 22.9 Å². The number of hydrogen-bond acceptors (Lipinski definition) is 5. The fourth-order valence-corrected chi connectivity index (χ4v) is 3.44. The van der Waals surface area contributed by atoms with E-state index < -0.39 is 11.4 Å². The number of nitrogens with two attached hydrogens (primary N) is 1. The van der Waals surface area contributed by atoms with E-state index in [0.29, 0.717) is 22.0 Å². The SMILES string of the molecule is COc1ccc(C2(c3cccc(Cl)c3)N=C(N)c3nccnc32)cc1F. The number of benzene rings is 2. The largest absolute Gasteiger partial charge is 0.494 e. The molecular formula is C19H14ClFN4O. The van der Waals surface area contributed by atoms with Gasteiger partial charge in [0.15, 0.2) is 17.1 Å². The number of methoxy groups -OCH3 is 1. The molecule has 3 aromatic rings. The summed E-state index contributed by atoms with van der Waals surface area (Å²) in [7, 11) is 1.41. The van der Waals surface area contributed by atoms with Gasteiger partial charge < -0.3 is 10.5 Å². The van der Waals surface area contributed by atoms with E-state index in [1.165, 1.54) is 13.2 Å². The lowest BCUT2D eigenvalue weighted by molar-refractivity contribution is 0.385. The molecule has 7 heteroatoms. The molecule has 0 saturated carbocycles. The molecule has 130 valence electrons. The van der Waals surface area contributed by atoms with Crippen LogP contribution in [0.15, 0.2) is 59.9 Å². The molecule has 0 fully saturated rings. The van der Waals surface area contributed by atoms with Crippen LogP contribution in [-0.2, 0) is 5.54 Å². The Labute approximate surface area is 154 Å². The van der Waals surface area contributed by atoms with Crippen LogP contribution in [0.25, 0.3) is 0 Å². The van der Waals surface area contributed by atoms with Crippen molar-refractivity contribution >= 4 is 17.4 Å². The maximum absolute atomic E-state index is 14.5. The summed E-state index contributed by atoms with van der Waals surface area (Å²) in [6.07, 6.45) is 3.11. The fraction of sp³-hybridized carbons (Fsp3) is 0.105. The van der Waals surface area contributed by atoms with Gasteiger partial charge in [0.2, 0.25) is 0 Å². The van der Waals surface area contributed by atoms with Gasteiger partial charge in [-0.2, -0.15) is 0 Å². The molecule has 26 heavy (non-hydrogen) atoms. The third-order valence-corrected chi connectivity index (χ3v) is 4.62. The van der Waals surface area contributed by atoms with Gasteiger partial charge in [-0.1, -0.05) is 29.8 Å². The molecule has 1 aliphatic heterocycles. The monoisotopic (exact) mass is 368 g/mol. The van der Waals surface area contributed by atoms with E-state index in [-0.39, 0.29) is 11.6 Å². The number of fused-ring (bicyclic) bond motifs is 1. The Hall–Kier alpha value is -2.99. The molecular weight excluding hydrogens is 355 g/mol. The van der Waals surface area contributed by atoms with Gasteiger partial charge in [-0.05, 0) is 35.4 Å². The first-order valence-corrected chi connectivity index (χ1v) is 8.21. The van der Waals surface area contributed by atoms with Crippen LogP contribution >= 0.6 is 11.6 Å². The van der Waals surface area contributed by atoms with Crippen molar-refractivity contribution in [3.8, 4) is 5.75 Å². The highest BCUT2D eigenvalue weighted by Gasteiger charge is 2.45. The number of aromatic nitrogens is 2. The quantitative estimate of drug-likeness (QED) is 0.769. The molecule has 2 N–H and O–H groups in total. The Morgan fingerprint density at radius 2 is 1.85 bits per heavy atom. The van der Waals surface area contributed by atoms with Crippen LogP contribution < -0.4 is 10.5 Å². The van der Waals surface area contributed by atoms with Gasteiger partial charge in [0.05, 0.1) is 7.11 Å². The zero-order valence-corrected chi connectivity index (χ0v) is 14.5. The van der Waals surface area contributed by atoms with Crippen LogP contribution in [0.4, 0.5) is 4.39 Å². The zero-order valence-electron chi connectivity index (χ0n) is 13.8. The number of nitrogens with zero attached hydrogens (tertiary/aromatic N) is 3. The Balaban J connectivity index is 2.06. The maximum Gasteiger partial charge on any atom is 0.165 e. The highest BCUT2D eigenvalue weighted by atomic mass is 35.5. The van der Waals surface area contributed by atoms with Crippen LogP contribution in [0.5, 0.6) is 5.75 Å². The third-order valence-electron chi connectivity index (χ3n) is 4.38. The number of aliphatic imine (C=N–C) groups is 1. The summed E-state index contributed by atoms with van der Waals surface area (Å²) in [5.41, 5.74) is 7.27. The molecule has 0 spiro atoms. The summed E-state index contributed by atoms with van der Waals surface area (Å²) < 4.78 is 19.5. The average Bonchev–Trinajstić information content (AvgIpc) is 2.96. The van der Waals surface area contributed by atoms with Crippen LogP contribution in [0.1, 0.15) is 22.5 Å². The third kappa shape index (κ3) is 2.34. The van der Waals surface area contributed by atoms with Crippen molar-refractivity contribution in [1.82, 2.24) is 9.97 Å². The Bertz CT molecular complexity index is 1040. The molecule has 1 aromatic heterocycles. The van der Waals surface area contributed by atoms with Crippen molar-refractivity contribution in [3.63, 3.8) is 0 Å². The second kappa shape index (κ2) is 6.07. The summed E-state index contributed by atoms with van der Waals surface area (Å²) in [5.74, 6) is -0.119. The summed E-state index contributed by atoms with van der Waals surface area (Å²) in [5, 5.41) is 0.530. The van der Waals surface area contributed by atoms with Gasteiger partial charge in [-0.15, -0.1) is 0 Å². The van der Waals surface area contributed by atoms with E-state index in [0.717, 1.165) is 5.56 Å². The number of amidine groups is 1. The minimum Gasteiger partial charge on any atom is -0.494 e. The van der Waals surface area contributed by atoms with Gasteiger partial charge in [-0.25, -0.2) is 14.4 Å². The van der Waals surface area contributed by atoms with E-state index in [4.69, 9.17) is 22.1 Å². The van der Waals surface area contributed by atoms with Crippen molar-refractivity contribution in [2.75, 3.05) is 7.11 Å². The Kier molecular flexibility index (Phi) is 3.85. The van der Waals surface area contributed by atoms with Gasteiger partial charge in [0.25, 0.3) is 0 Å². The van der Waals surface area contributed by atoms with Crippen LogP contribution in [0, 0.1) is 5.82 Å². The molecule has 0 aliphatic carbocycles. The van der Waals surface area contributed by atoms with Crippen molar-refractivity contribution < 1.29 is 9.13 Å². The summed E-state index contributed by atoms with van der Waals surface area (Å²) in [6, 6.07) is 11.9.